The number of carboxylic acid groups (broad SMARTS) is 1. The average molecular weight is 1510 g/mol. The molecular formula is C86H89BrClF6LiN2O8. The molecule has 19 heteroatoms. The number of nitrogens with zero attached hydrogens (tertiary/aromatic N) is 1. The van der Waals surface area contributed by atoms with E-state index in [9.17, 15) is 50.6 Å². The number of carbonyl (C=O) groups is 4. The summed E-state index contributed by atoms with van der Waals surface area (Å²) in [6.45, 7) is 9.52. The van der Waals surface area contributed by atoms with E-state index in [2.05, 4.69) is 26.0 Å². The summed E-state index contributed by atoms with van der Waals surface area (Å²) in [6.07, 6.45) is 4.84. The fraction of sp³-hybridized carbons (Fsp3) is 0.256. The molecule has 0 aliphatic carbocycles. The number of aryl methyl sites for hydroxylation is 4. The Labute approximate surface area is 639 Å². The number of carboxylic acids is 1. The minimum Gasteiger partial charge on any atom is -0.870 e. The monoisotopic (exact) mass is 1510 g/mol. The molecule has 1 amide bonds. The SMILES string of the molecule is COC(=O)C(Cc1ccccc1F)c1ccc(C)cc1.COC(=O)Cc1ccc(C)cc1.Cc1ccc(C(Cc2ccccc2F)C(=O)N2CCCC2c2ccccc2F)cc1.Cc1ccc(C(Cc2ccccc2F)C(=O)O)cc1.Cl.Fc1ccccc1C1CCCN1.Fc1ccccc1CBr.[Li+].[OH-]. The maximum absolute atomic E-state index is 14.5. The van der Waals surface area contributed by atoms with Gasteiger partial charge >= 0.3 is 36.8 Å². The fourth-order valence-electron chi connectivity index (χ4n) is 11.8. The Kier molecular flexibility index (Phi) is 38.7. The standard InChI is InChI=1S/C26H25F2NO.C17H17FO2.C16H15FO2.C10H12FN.C10H12O2.C7H6BrF.ClH.Li.H2O/c1-18-12-14-19(15-13-18)22(17-20-7-2-4-9-23(20)27)26(30)29-16-6-11-25(29)21-8-3-5-10-24(21)28;1-12-7-9-13(10-8-12)15(17(19)20-2)11-14-5-3-4-6-16(14)18;1-11-6-8-12(9-7-11)14(16(18)19)10-13-4-2-3-5-15(13)17;11-9-5-2-1-4-8(9)10-6-3-7-12-10;1-8-3-5-9(6-4-8)7-10(11)12-2;8-5-6-3-1-2-4-7(6)9;;;/h2-5,7-10,12-15,22,25H,6,11,16-17H2,1H3;3-10,15H,11H2,1-2H3;2-9,14H,10H2,1H3,(H,18,19);1-2,4-5,10,12H,3,6-7H2;3-6H,7H2,1-2H3;1-4H,5H2;1H;;1H2/q;;;;;;;+1;/p-1. The number of nitrogens with one attached hydrogen (secondary N) is 1. The van der Waals surface area contributed by atoms with Crippen molar-refractivity contribution in [1.29, 1.82) is 0 Å². The molecule has 10 nitrogen and oxygen atoms in total. The molecule has 2 aliphatic heterocycles. The number of methoxy groups -OCH3 is 2. The fourth-order valence-corrected chi connectivity index (χ4v) is 12.2. The van der Waals surface area contributed by atoms with Crippen LogP contribution in [0.2, 0.25) is 0 Å². The van der Waals surface area contributed by atoms with Gasteiger partial charge in [0, 0.05) is 29.0 Å². The number of likely N-dealkylation sites (tertiary alicyclic amines) is 1. The normalized spacial score (nSPS) is 13.9. The van der Waals surface area contributed by atoms with E-state index < -0.39 is 23.7 Å². The Morgan fingerprint density at radius 3 is 1.20 bits per heavy atom. The molecule has 3 N–H and O–H groups in total. The summed E-state index contributed by atoms with van der Waals surface area (Å²) in [5.74, 6) is -4.78. The van der Waals surface area contributed by atoms with Crippen LogP contribution in [0, 0.1) is 62.6 Å². The van der Waals surface area contributed by atoms with Gasteiger partial charge in [0.25, 0.3) is 0 Å². The average Bonchev–Trinajstić information content (AvgIpc) is 1.77. The molecule has 0 spiro atoms. The molecule has 5 unspecified atom stereocenters. The van der Waals surface area contributed by atoms with Crippen LogP contribution in [-0.2, 0) is 59.7 Å². The van der Waals surface area contributed by atoms with Gasteiger partial charge in [-0.05, 0) is 160 Å². The first-order chi connectivity index (χ1) is 49.2. The maximum Gasteiger partial charge on any atom is 1.00 e. The van der Waals surface area contributed by atoms with Crippen LogP contribution < -0.4 is 24.2 Å². The van der Waals surface area contributed by atoms with Gasteiger partial charge in [0.05, 0.1) is 44.4 Å². The third kappa shape index (κ3) is 27.7. The van der Waals surface area contributed by atoms with Gasteiger partial charge < -0.3 is 30.3 Å². The predicted molar refractivity (Wildman–Crippen MR) is 403 cm³/mol. The molecule has 105 heavy (non-hydrogen) atoms. The van der Waals surface area contributed by atoms with E-state index in [1.165, 1.54) is 56.2 Å². The van der Waals surface area contributed by atoms with Gasteiger partial charge in [-0.2, -0.15) is 0 Å². The quantitative estimate of drug-likeness (QED) is 0.0393. The van der Waals surface area contributed by atoms with Crippen molar-refractivity contribution in [2.75, 3.05) is 27.3 Å². The van der Waals surface area contributed by atoms with Gasteiger partial charge in [-0.25, -0.2) is 26.3 Å². The summed E-state index contributed by atoms with van der Waals surface area (Å²) in [6, 6.07) is 70.3. The zero-order valence-electron chi connectivity index (χ0n) is 60.1. The van der Waals surface area contributed by atoms with E-state index in [4.69, 9.17) is 4.74 Å². The number of amides is 1. The number of carbonyl (C=O) groups excluding carboxylic acids is 3. The van der Waals surface area contributed by atoms with E-state index in [0.717, 1.165) is 71.2 Å². The summed E-state index contributed by atoms with van der Waals surface area (Å²) >= 11 is 3.17. The Morgan fingerprint density at radius 2 is 0.829 bits per heavy atom. The predicted octanol–water partition coefficient (Wildman–Crippen LogP) is 17.1. The second-order valence-corrected chi connectivity index (χ2v) is 25.5. The molecule has 12 rings (SSSR count). The number of halogens is 8. The van der Waals surface area contributed by atoms with Crippen LogP contribution in [0.1, 0.15) is 133 Å². The van der Waals surface area contributed by atoms with Gasteiger partial charge in [0.1, 0.15) is 34.9 Å². The number of ether oxygens (including phenoxy) is 2. The molecule has 2 aliphatic rings. The van der Waals surface area contributed by atoms with Gasteiger partial charge in [0.15, 0.2) is 0 Å². The third-order valence-corrected chi connectivity index (χ3v) is 18.2. The maximum atomic E-state index is 14.5. The van der Waals surface area contributed by atoms with Crippen LogP contribution in [0.4, 0.5) is 26.3 Å². The second-order valence-electron chi connectivity index (χ2n) is 25.0. The van der Waals surface area contributed by atoms with Crippen molar-refractivity contribution in [1.82, 2.24) is 10.2 Å². The zero-order chi connectivity index (χ0) is 73.5. The molecule has 0 saturated carbocycles. The molecule has 548 valence electrons. The van der Waals surface area contributed by atoms with Crippen molar-refractivity contribution < 1.29 is 84.4 Å². The largest absolute Gasteiger partial charge is 1.00 e. The van der Waals surface area contributed by atoms with E-state index in [-0.39, 0.29) is 114 Å². The van der Waals surface area contributed by atoms with Gasteiger partial charge in [-0.15, -0.1) is 12.4 Å². The molecule has 2 saturated heterocycles. The van der Waals surface area contributed by atoms with Crippen LogP contribution in [0.5, 0.6) is 0 Å². The Balaban J connectivity index is 0.000000277. The molecule has 2 heterocycles. The molecule has 5 atom stereocenters. The van der Waals surface area contributed by atoms with E-state index >= 15 is 0 Å². The van der Waals surface area contributed by atoms with Crippen LogP contribution in [-0.4, -0.2) is 66.6 Å². The van der Waals surface area contributed by atoms with Gasteiger partial charge in [-0.3, -0.25) is 19.2 Å². The molecule has 2 fully saturated rings. The van der Waals surface area contributed by atoms with Gasteiger partial charge in [0.2, 0.25) is 5.91 Å². The summed E-state index contributed by atoms with van der Waals surface area (Å²) in [4.78, 5) is 49.7. The second kappa shape index (κ2) is 46.0. The number of rotatable bonds is 17. The van der Waals surface area contributed by atoms with Crippen molar-refractivity contribution in [2.24, 2.45) is 0 Å². The van der Waals surface area contributed by atoms with Crippen molar-refractivity contribution in [3.63, 3.8) is 0 Å². The topological polar surface area (TPSA) is 152 Å². The molecular weight excluding hydrogens is 1430 g/mol. The van der Waals surface area contributed by atoms with Gasteiger partial charge in [-0.1, -0.05) is 244 Å². The van der Waals surface area contributed by atoms with Crippen LogP contribution >= 0.6 is 28.3 Å². The van der Waals surface area contributed by atoms with Crippen LogP contribution in [0.25, 0.3) is 0 Å². The van der Waals surface area contributed by atoms with E-state index in [1.54, 1.807) is 108 Å². The van der Waals surface area contributed by atoms with Crippen molar-refractivity contribution in [3.05, 3.63) is 355 Å². The minimum atomic E-state index is -0.938. The first-order valence-electron chi connectivity index (χ1n) is 33.8. The number of alkyl halides is 1. The first-order valence-corrected chi connectivity index (χ1v) is 34.9. The van der Waals surface area contributed by atoms with Crippen molar-refractivity contribution in [3.8, 4) is 0 Å². The summed E-state index contributed by atoms with van der Waals surface area (Å²) in [7, 11) is 2.75. The number of hydrogen-bond donors (Lipinski definition) is 2. The smallest absolute Gasteiger partial charge is 0.870 e. The van der Waals surface area contributed by atoms with Crippen molar-refractivity contribution in [2.45, 2.75) is 114 Å². The van der Waals surface area contributed by atoms with Crippen LogP contribution in [0.15, 0.2) is 243 Å². The minimum absolute atomic E-state index is 0. The molecule has 10 aromatic rings. The van der Waals surface area contributed by atoms with Crippen LogP contribution in [0.3, 0.4) is 0 Å². The van der Waals surface area contributed by atoms with Crippen molar-refractivity contribution >= 4 is 52.2 Å². The zero-order valence-corrected chi connectivity index (χ0v) is 62.5. The summed E-state index contributed by atoms with van der Waals surface area (Å²) in [5, 5.41) is 13.2. The third-order valence-electron chi connectivity index (χ3n) is 17.6. The Hall–Kier alpha value is -9.05. The molecule has 10 aromatic carbocycles. The summed E-state index contributed by atoms with van der Waals surface area (Å²) in [5.41, 5.74) is 11.4. The molecule has 0 radical (unpaired) electrons. The number of esters is 2. The molecule has 0 aromatic heterocycles. The number of aliphatic carboxylic acids is 1. The first kappa shape index (κ1) is 88.3. The van der Waals surface area contributed by atoms with E-state index in [0.29, 0.717) is 58.1 Å². The Bertz CT molecular complexity index is 4290. The Morgan fingerprint density at radius 1 is 0.467 bits per heavy atom. The summed E-state index contributed by atoms with van der Waals surface area (Å²) < 4.78 is 91.3. The van der Waals surface area contributed by atoms with E-state index in [1.807, 2.05) is 131 Å². The number of benzene rings is 10. The number of hydrogen-bond acceptors (Lipinski definition) is 8. The molecule has 0 bridgehead atoms.